The molecule has 0 bridgehead atoms. The van der Waals surface area contributed by atoms with Crippen molar-refractivity contribution in [1.29, 1.82) is 0 Å². The molecule has 7 nitrogen and oxygen atoms in total. The van der Waals surface area contributed by atoms with Gasteiger partial charge in [0, 0.05) is 0 Å². The van der Waals surface area contributed by atoms with E-state index in [2.05, 4.69) is 15.5 Å². The monoisotopic (exact) mass is 364 g/mol. The fourth-order valence-corrected chi connectivity index (χ4v) is 2.68. The molecule has 0 aliphatic rings. The number of aromatic amines is 1. The molecule has 0 atom stereocenters. The van der Waals surface area contributed by atoms with Crippen LogP contribution in [-0.2, 0) is 0 Å². The van der Waals surface area contributed by atoms with Crippen molar-refractivity contribution in [2.75, 3.05) is 5.43 Å². The maximum atomic E-state index is 12.3. The molecule has 27 heavy (non-hydrogen) atoms. The van der Waals surface area contributed by atoms with Crippen LogP contribution in [0, 0.1) is 13.8 Å². The molecule has 0 aliphatic carbocycles. The number of H-pyrrole nitrogens is 1. The summed E-state index contributed by atoms with van der Waals surface area (Å²) in [5, 5.41) is 14.8. The van der Waals surface area contributed by atoms with E-state index in [1.165, 1.54) is 0 Å². The molecule has 2 aromatic carbocycles. The molecule has 138 valence electrons. The number of hydrazone groups is 1. The second-order valence-corrected chi connectivity index (χ2v) is 6.25. The minimum atomic E-state index is -0.718. The van der Waals surface area contributed by atoms with E-state index in [9.17, 15) is 14.7 Å². The minimum Gasteiger partial charge on any atom is -0.493 e. The third kappa shape index (κ3) is 3.67. The third-order valence-electron chi connectivity index (χ3n) is 4.23. The number of aromatic nitrogens is 2. The van der Waals surface area contributed by atoms with Crippen molar-refractivity contribution in [2.24, 2.45) is 5.10 Å². The van der Waals surface area contributed by atoms with Gasteiger partial charge >= 0.3 is 5.69 Å². The molecule has 1 aromatic heterocycles. The van der Waals surface area contributed by atoms with Gasteiger partial charge in [0.15, 0.2) is 0 Å². The first-order valence-corrected chi connectivity index (χ1v) is 8.40. The second kappa shape index (κ2) is 7.33. The number of benzene rings is 2. The number of hydrogen-bond acceptors (Lipinski definition) is 5. The van der Waals surface area contributed by atoms with Gasteiger partial charge < -0.3 is 5.11 Å². The number of nitrogens with zero attached hydrogens (tertiary/aromatic N) is 2. The molecule has 3 N–H and O–H groups in total. The fourth-order valence-electron chi connectivity index (χ4n) is 2.68. The third-order valence-corrected chi connectivity index (χ3v) is 4.23. The zero-order chi connectivity index (χ0) is 19.6. The Kier molecular flexibility index (Phi) is 4.94. The van der Waals surface area contributed by atoms with E-state index in [-0.39, 0.29) is 11.3 Å². The van der Waals surface area contributed by atoms with Crippen LogP contribution in [0.4, 0.5) is 5.69 Å². The van der Waals surface area contributed by atoms with Crippen molar-refractivity contribution in [3.63, 3.8) is 0 Å². The Bertz CT molecular complexity index is 1130. The van der Waals surface area contributed by atoms with Gasteiger partial charge in [-0.2, -0.15) is 5.10 Å². The van der Waals surface area contributed by atoms with Crippen LogP contribution in [0.25, 0.3) is 5.69 Å². The van der Waals surface area contributed by atoms with E-state index < -0.39 is 17.1 Å². The van der Waals surface area contributed by atoms with Crippen molar-refractivity contribution in [2.45, 2.75) is 20.8 Å². The van der Waals surface area contributed by atoms with Crippen molar-refractivity contribution in [3.05, 3.63) is 86.1 Å². The highest BCUT2D eigenvalue weighted by atomic mass is 16.3. The molecule has 1 heterocycles. The molecule has 0 fully saturated rings. The summed E-state index contributed by atoms with van der Waals surface area (Å²) in [5.41, 5.74) is 4.86. The zero-order valence-corrected chi connectivity index (χ0v) is 15.3. The summed E-state index contributed by atoms with van der Waals surface area (Å²) in [6.45, 7) is 5.42. The van der Waals surface area contributed by atoms with Crippen LogP contribution >= 0.6 is 0 Å². The van der Waals surface area contributed by atoms with E-state index in [1.807, 2.05) is 50.2 Å². The van der Waals surface area contributed by atoms with Crippen molar-refractivity contribution >= 4 is 11.4 Å². The fraction of sp³-hybridized carbons (Fsp3) is 0.150. The lowest BCUT2D eigenvalue weighted by atomic mass is 10.2. The maximum absolute atomic E-state index is 12.3. The van der Waals surface area contributed by atoms with Crippen LogP contribution in [0.2, 0.25) is 0 Å². The Hall–Kier alpha value is -3.61. The highest BCUT2D eigenvalue weighted by Gasteiger charge is 2.18. The number of hydrogen-bond donors (Lipinski definition) is 3. The van der Waals surface area contributed by atoms with E-state index in [4.69, 9.17) is 0 Å². The maximum Gasteiger partial charge on any atom is 0.335 e. The SMILES string of the molecule is C/C(=N\Nc1ccccc1C)c1c(O)n(-c2ccc(C)cc2)c(=O)[nH]c1=O. The van der Waals surface area contributed by atoms with E-state index >= 15 is 0 Å². The Balaban J connectivity index is 2.07. The van der Waals surface area contributed by atoms with Gasteiger partial charge in [0.1, 0.15) is 5.56 Å². The lowest BCUT2D eigenvalue weighted by molar-refractivity contribution is 0.429. The van der Waals surface area contributed by atoms with Gasteiger partial charge in [0.2, 0.25) is 5.88 Å². The molecule has 0 unspecified atom stereocenters. The van der Waals surface area contributed by atoms with Gasteiger partial charge in [0.25, 0.3) is 5.56 Å². The molecule has 0 radical (unpaired) electrons. The van der Waals surface area contributed by atoms with Gasteiger partial charge in [-0.05, 0) is 44.5 Å². The quantitative estimate of drug-likeness (QED) is 0.489. The minimum absolute atomic E-state index is 0.0729. The number of nitrogens with one attached hydrogen (secondary N) is 2. The first kappa shape index (κ1) is 18.2. The van der Waals surface area contributed by atoms with Crippen molar-refractivity contribution in [3.8, 4) is 11.6 Å². The first-order valence-electron chi connectivity index (χ1n) is 8.40. The topological polar surface area (TPSA) is 99.5 Å². The van der Waals surface area contributed by atoms with Gasteiger partial charge in [-0.3, -0.25) is 15.2 Å². The van der Waals surface area contributed by atoms with Gasteiger partial charge in [0.05, 0.1) is 17.1 Å². The van der Waals surface area contributed by atoms with Crippen molar-refractivity contribution in [1.82, 2.24) is 9.55 Å². The Morgan fingerprint density at radius 3 is 2.41 bits per heavy atom. The number of aromatic hydroxyl groups is 1. The summed E-state index contributed by atoms with van der Waals surface area (Å²) < 4.78 is 1.04. The number of anilines is 1. The average Bonchev–Trinajstić information content (AvgIpc) is 2.62. The molecule has 0 spiro atoms. The lowest BCUT2D eigenvalue weighted by Crippen LogP contribution is -2.33. The molecular formula is C20H20N4O3. The summed E-state index contributed by atoms with van der Waals surface area (Å²) in [5.74, 6) is -0.458. The van der Waals surface area contributed by atoms with Gasteiger partial charge in [-0.15, -0.1) is 0 Å². The normalized spacial score (nSPS) is 11.4. The van der Waals surface area contributed by atoms with Crippen molar-refractivity contribution < 1.29 is 5.11 Å². The number of aryl methyl sites for hydroxylation is 2. The molecule has 0 saturated heterocycles. The van der Waals surface area contributed by atoms with E-state index in [0.717, 1.165) is 21.4 Å². The Morgan fingerprint density at radius 2 is 1.74 bits per heavy atom. The van der Waals surface area contributed by atoms with Crippen LogP contribution in [0.1, 0.15) is 23.6 Å². The average molecular weight is 364 g/mol. The van der Waals surface area contributed by atoms with Crippen LogP contribution in [0.15, 0.2) is 63.2 Å². The highest BCUT2D eigenvalue weighted by Crippen LogP contribution is 2.18. The Labute approximate surface area is 155 Å². The second-order valence-electron chi connectivity index (χ2n) is 6.25. The molecule has 7 heteroatoms. The largest absolute Gasteiger partial charge is 0.493 e. The summed E-state index contributed by atoms with van der Waals surface area (Å²) in [7, 11) is 0. The molecular weight excluding hydrogens is 344 g/mol. The van der Waals surface area contributed by atoms with Crippen LogP contribution in [-0.4, -0.2) is 20.4 Å². The summed E-state index contributed by atoms with van der Waals surface area (Å²) in [6.07, 6.45) is 0. The highest BCUT2D eigenvalue weighted by molar-refractivity contribution is 6.00. The van der Waals surface area contributed by atoms with Gasteiger partial charge in [-0.25, -0.2) is 9.36 Å². The van der Waals surface area contributed by atoms with E-state index in [1.54, 1.807) is 19.1 Å². The van der Waals surface area contributed by atoms with Crippen LogP contribution in [0.3, 0.4) is 0 Å². The zero-order valence-electron chi connectivity index (χ0n) is 15.3. The number of para-hydroxylation sites is 1. The predicted molar refractivity (Wildman–Crippen MR) is 106 cm³/mol. The van der Waals surface area contributed by atoms with Crippen LogP contribution in [0.5, 0.6) is 5.88 Å². The molecule has 0 saturated carbocycles. The molecule has 0 aliphatic heterocycles. The summed E-state index contributed by atoms with van der Waals surface area (Å²) in [6, 6.07) is 14.6. The van der Waals surface area contributed by atoms with Crippen LogP contribution < -0.4 is 16.7 Å². The molecule has 0 amide bonds. The molecule has 3 rings (SSSR count). The summed E-state index contributed by atoms with van der Waals surface area (Å²) in [4.78, 5) is 26.8. The van der Waals surface area contributed by atoms with E-state index in [0.29, 0.717) is 5.69 Å². The van der Waals surface area contributed by atoms with Gasteiger partial charge in [-0.1, -0.05) is 35.9 Å². The standard InChI is InChI=1S/C20H20N4O3/c1-12-8-10-15(11-9-12)24-19(26)17(18(25)21-20(24)27)14(3)22-23-16-7-5-4-6-13(16)2/h4-11,23,26H,1-3H3,(H,21,25,27)/b22-14+. The summed E-state index contributed by atoms with van der Waals surface area (Å²) >= 11 is 0. The Morgan fingerprint density at radius 1 is 1.07 bits per heavy atom. The number of rotatable bonds is 4. The molecule has 3 aromatic rings. The first-order chi connectivity index (χ1) is 12.9. The lowest BCUT2D eigenvalue weighted by Gasteiger charge is -2.12. The smallest absolute Gasteiger partial charge is 0.335 e. The predicted octanol–water partition coefficient (Wildman–Crippen LogP) is 2.68.